The second-order valence-corrected chi connectivity index (χ2v) is 5.49. The van der Waals surface area contributed by atoms with Crippen molar-refractivity contribution in [1.82, 2.24) is 15.1 Å². The molecular formula is C12H19N3O3. The van der Waals surface area contributed by atoms with E-state index in [0.717, 1.165) is 32.6 Å². The Morgan fingerprint density at radius 1 is 1.28 bits per heavy atom. The van der Waals surface area contributed by atoms with E-state index in [1.54, 1.807) is 0 Å². The first-order valence-electron chi connectivity index (χ1n) is 6.67. The summed E-state index contributed by atoms with van der Waals surface area (Å²) in [5, 5.41) is 12.3. The molecule has 2 amide bonds. The number of rotatable bonds is 2. The Morgan fingerprint density at radius 2 is 2.11 bits per heavy atom. The molecule has 2 aliphatic heterocycles. The van der Waals surface area contributed by atoms with E-state index in [9.17, 15) is 9.59 Å². The van der Waals surface area contributed by atoms with E-state index in [1.165, 1.54) is 0 Å². The van der Waals surface area contributed by atoms with Crippen molar-refractivity contribution >= 4 is 12.0 Å². The predicted molar refractivity (Wildman–Crippen MR) is 64.2 cm³/mol. The van der Waals surface area contributed by atoms with Crippen LogP contribution in [0.25, 0.3) is 0 Å². The third kappa shape index (κ3) is 1.84. The number of hydrogen-bond donors (Lipinski definition) is 2. The fourth-order valence-corrected chi connectivity index (χ4v) is 3.42. The summed E-state index contributed by atoms with van der Waals surface area (Å²) in [5.74, 6) is -0.984. The number of urea groups is 1. The lowest BCUT2D eigenvalue weighted by Crippen LogP contribution is -2.50. The van der Waals surface area contributed by atoms with Crippen LogP contribution in [-0.4, -0.2) is 65.2 Å². The van der Waals surface area contributed by atoms with Gasteiger partial charge in [0.25, 0.3) is 0 Å². The van der Waals surface area contributed by atoms with Crippen molar-refractivity contribution in [2.75, 3.05) is 26.2 Å². The highest BCUT2D eigenvalue weighted by Crippen LogP contribution is 2.32. The van der Waals surface area contributed by atoms with Crippen LogP contribution in [-0.2, 0) is 4.79 Å². The molecule has 0 spiro atoms. The lowest BCUT2D eigenvalue weighted by Gasteiger charge is -2.28. The number of aliphatic carboxylic acids is 1. The second-order valence-electron chi connectivity index (χ2n) is 5.49. The van der Waals surface area contributed by atoms with E-state index in [-0.39, 0.29) is 24.0 Å². The first-order chi connectivity index (χ1) is 8.66. The largest absolute Gasteiger partial charge is 0.481 e. The van der Waals surface area contributed by atoms with Gasteiger partial charge in [0, 0.05) is 32.2 Å². The Kier molecular flexibility index (Phi) is 2.89. The molecule has 0 unspecified atom stereocenters. The number of carbonyl (C=O) groups excluding carboxylic acids is 1. The lowest BCUT2D eigenvalue weighted by atomic mass is 10.1. The quantitative estimate of drug-likeness (QED) is 0.723. The van der Waals surface area contributed by atoms with Crippen LogP contribution in [0.1, 0.15) is 19.3 Å². The van der Waals surface area contributed by atoms with Crippen LogP contribution in [0.5, 0.6) is 0 Å². The third-order valence-corrected chi connectivity index (χ3v) is 4.44. The van der Waals surface area contributed by atoms with Crippen LogP contribution < -0.4 is 5.32 Å². The average molecular weight is 253 g/mol. The molecule has 0 aromatic rings. The smallest absolute Gasteiger partial charge is 0.320 e. The van der Waals surface area contributed by atoms with Crippen molar-refractivity contribution in [3.8, 4) is 0 Å². The molecule has 100 valence electrons. The van der Waals surface area contributed by atoms with Gasteiger partial charge >= 0.3 is 12.0 Å². The molecule has 2 saturated heterocycles. The van der Waals surface area contributed by atoms with E-state index < -0.39 is 5.97 Å². The highest BCUT2D eigenvalue weighted by molar-refractivity contribution is 5.78. The third-order valence-electron chi connectivity index (χ3n) is 4.44. The summed E-state index contributed by atoms with van der Waals surface area (Å²) in [5.41, 5.74) is 0. The highest BCUT2D eigenvalue weighted by Gasteiger charge is 2.44. The number of fused-ring (bicyclic) bond motifs is 1. The Bertz CT molecular complexity index is 374. The molecule has 3 aliphatic rings. The Morgan fingerprint density at radius 3 is 2.78 bits per heavy atom. The molecule has 2 heterocycles. The van der Waals surface area contributed by atoms with Gasteiger partial charge in [-0.25, -0.2) is 4.79 Å². The second kappa shape index (κ2) is 4.42. The summed E-state index contributed by atoms with van der Waals surface area (Å²) in [7, 11) is 0. The van der Waals surface area contributed by atoms with Crippen LogP contribution >= 0.6 is 0 Å². The zero-order chi connectivity index (χ0) is 12.7. The van der Waals surface area contributed by atoms with Gasteiger partial charge in [-0.1, -0.05) is 0 Å². The molecule has 3 fully saturated rings. The number of hydrogen-bond acceptors (Lipinski definition) is 3. The minimum atomic E-state index is -0.719. The summed E-state index contributed by atoms with van der Waals surface area (Å²) < 4.78 is 0. The minimum Gasteiger partial charge on any atom is -0.481 e. The summed E-state index contributed by atoms with van der Waals surface area (Å²) in [6, 6.07) is 0.511. The van der Waals surface area contributed by atoms with Crippen LogP contribution in [0.15, 0.2) is 0 Å². The van der Waals surface area contributed by atoms with Crippen molar-refractivity contribution in [1.29, 1.82) is 0 Å². The number of nitrogens with zero attached hydrogens (tertiary/aromatic N) is 2. The average Bonchev–Trinajstić information content (AvgIpc) is 2.95. The number of carboxylic acids is 1. The summed E-state index contributed by atoms with van der Waals surface area (Å²) >= 11 is 0. The molecule has 3 rings (SSSR count). The maximum atomic E-state index is 12.3. The summed E-state index contributed by atoms with van der Waals surface area (Å²) in [6.45, 7) is 3.24. The van der Waals surface area contributed by atoms with E-state index in [0.29, 0.717) is 12.8 Å². The zero-order valence-corrected chi connectivity index (χ0v) is 10.3. The first-order valence-corrected chi connectivity index (χ1v) is 6.67. The molecular weight excluding hydrogens is 234 g/mol. The van der Waals surface area contributed by atoms with E-state index in [1.807, 2.05) is 9.80 Å². The van der Waals surface area contributed by atoms with E-state index in [2.05, 4.69) is 5.32 Å². The summed E-state index contributed by atoms with van der Waals surface area (Å²) in [6.07, 6.45) is 2.15. The molecule has 0 bridgehead atoms. The molecule has 6 heteroatoms. The van der Waals surface area contributed by atoms with Gasteiger partial charge in [-0.2, -0.15) is 0 Å². The number of nitrogens with one attached hydrogen (secondary N) is 1. The predicted octanol–water partition coefficient (Wildman–Crippen LogP) is -0.0509. The van der Waals surface area contributed by atoms with Crippen LogP contribution in [0.4, 0.5) is 4.79 Å². The molecule has 18 heavy (non-hydrogen) atoms. The zero-order valence-electron chi connectivity index (χ0n) is 10.3. The first kappa shape index (κ1) is 11.8. The molecule has 0 aromatic heterocycles. The SMILES string of the molecule is O=C(O)[C@H]1CC[C@@H](N2C[C@@H]3CNCCN3C2=O)C1. The molecule has 2 N–H and O–H groups in total. The molecule has 0 radical (unpaired) electrons. The fraction of sp³-hybridized carbons (Fsp3) is 0.833. The van der Waals surface area contributed by atoms with Crippen molar-refractivity contribution in [3.05, 3.63) is 0 Å². The lowest BCUT2D eigenvalue weighted by molar-refractivity contribution is -0.141. The maximum Gasteiger partial charge on any atom is 0.320 e. The van der Waals surface area contributed by atoms with Crippen LogP contribution in [0.2, 0.25) is 0 Å². The Labute approximate surface area is 106 Å². The normalized spacial score (nSPS) is 36.0. The minimum absolute atomic E-state index is 0.109. The van der Waals surface area contributed by atoms with Gasteiger partial charge in [0.1, 0.15) is 0 Å². The van der Waals surface area contributed by atoms with Crippen molar-refractivity contribution < 1.29 is 14.7 Å². The Hall–Kier alpha value is -1.30. The number of piperazine rings is 1. The summed E-state index contributed by atoms with van der Waals surface area (Å²) in [4.78, 5) is 27.1. The monoisotopic (exact) mass is 253 g/mol. The van der Waals surface area contributed by atoms with Crippen LogP contribution in [0.3, 0.4) is 0 Å². The Balaban J connectivity index is 1.67. The molecule has 0 aromatic carbocycles. The topological polar surface area (TPSA) is 72.9 Å². The van der Waals surface area contributed by atoms with Crippen LogP contribution in [0, 0.1) is 5.92 Å². The molecule has 1 aliphatic carbocycles. The van der Waals surface area contributed by atoms with Gasteiger partial charge in [-0.3, -0.25) is 4.79 Å². The molecule has 3 atom stereocenters. The van der Waals surface area contributed by atoms with Crippen molar-refractivity contribution in [2.24, 2.45) is 5.92 Å². The number of carboxylic acid groups (broad SMARTS) is 1. The maximum absolute atomic E-state index is 12.3. The fourth-order valence-electron chi connectivity index (χ4n) is 3.42. The van der Waals surface area contributed by atoms with Gasteiger partial charge in [-0.15, -0.1) is 0 Å². The van der Waals surface area contributed by atoms with Crippen molar-refractivity contribution in [3.63, 3.8) is 0 Å². The number of carbonyl (C=O) groups is 2. The molecule has 1 saturated carbocycles. The standard InChI is InChI=1S/C12H19N3O3/c16-11(17)8-1-2-9(5-8)15-7-10-6-13-3-4-14(10)12(15)18/h8-10,13H,1-7H2,(H,16,17)/t8-,9+,10-/m0/s1. The van der Waals surface area contributed by atoms with Crippen molar-refractivity contribution in [2.45, 2.75) is 31.3 Å². The van der Waals surface area contributed by atoms with Gasteiger partial charge in [0.15, 0.2) is 0 Å². The highest BCUT2D eigenvalue weighted by atomic mass is 16.4. The van der Waals surface area contributed by atoms with E-state index >= 15 is 0 Å². The molecule has 6 nitrogen and oxygen atoms in total. The number of amides is 2. The van der Waals surface area contributed by atoms with Gasteiger partial charge in [0.2, 0.25) is 0 Å². The van der Waals surface area contributed by atoms with E-state index in [4.69, 9.17) is 5.11 Å². The van der Waals surface area contributed by atoms with Gasteiger partial charge in [0.05, 0.1) is 12.0 Å². The van der Waals surface area contributed by atoms with Gasteiger partial charge in [-0.05, 0) is 19.3 Å². The van der Waals surface area contributed by atoms with Gasteiger partial charge < -0.3 is 20.2 Å².